The molecule has 0 rings (SSSR count). The van der Waals surface area contributed by atoms with E-state index in [9.17, 15) is 9.59 Å². The minimum absolute atomic E-state index is 0.311. The number of rotatable bonds is 18. The number of nitrogens with zero attached hydrogens (tertiary/aromatic N) is 1. The van der Waals surface area contributed by atoms with Crippen LogP contribution < -0.4 is 11.5 Å². The predicted octanol–water partition coefficient (Wildman–Crippen LogP) is 3.84. The molecule has 0 heterocycles. The first-order valence-electron chi connectivity index (χ1n) is 11.4. The number of aliphatic carboxylic acids is 2. The summed E-state index contributed by atoms with van der Waals surface area (Å²) in [6.45, 7) is 2.85. The summed E-state index contributed by atoms with van der Waals surface area (Å²) in [4.78, 5) is 22.9. The van der Waals surface area contributed by atoms with E-state index in [1.165, 1.54) is 57.8 Å². The number of carboxylic acid groups (broad SMARTS) is 2. The Morgan fingerprint density at radius 1 is 0.759 bits per heavy atom. The second kappa shape index (κ2) is 21.5. The Kier molecular flexibility index (Phi) is 22.3. The van der Waals surface area contributed by atoms with Crippen LogP contribution in [0.2, 0.25) is 0 Å². The molecule has 0 aliphatic rings. The molecule has 0 bridgehead atoms. The van der Waals surface area contributed by atoms with Crippen LogP contribution in [0.25, 0.3) is 0 Å². The first kappa shape index (κ1) is 30.0. The molecule has 1 unspecified atom stereocenters. The Morgan fingerprint density at radius 2 is 1.21 bits per heavy atom. The molecule has 7 heteroatoms. The quantitative estimate of drug-likeness (QED) is 0.249. The van der Waals surface area contributed by atoms with Gasteiger partial charge in [0.15, 0.2) is 0 Å². The predicted molar refractivity (Wildman–Crippen MR) is 120 cm³/mol. The average Bonchev–Trinajstić information content (AvgIpc) is 2.66. The molecule has 174 valence electrons. The van der Waals surface area contributed by atoms with Gasteiger partial charge in [0.05, 0.1) is 0 Å². The SMILES string of the molecule is CCCCCCCCCCCCC(C(=O)O)N(C)C.NCCCC[C@H](N)C(=O)O. The number of hydrogen-bond acceptors (Lipinski definition) is 5. The van der Waals surface area contributed by atoms with Crippen LogP contribution in [-0.2, 0) is 9.59 Å². The van der Waals surface area contributed by atoms with Crippen LogP contribution in [-0.4, -0.2) is 59.8 Å². The van der Waals surface area contributed by atoms with Crippen molar-refractivity contribution in [2.45, 2.75) is 109 Å². The maximum Gasteiger partial charge on any atom is 0.320 e. The van der Waals surface area contributed by atoms with Crippen molar-refractivity contribution in [3.8, 4) is 0 Å². The van der Waals surface area contributed by atoms with E-state index >= 15 is 0 Å². The molecule has 7 nitrogen and oxygen atoms in total. The summed E-state index contributed by atoms with van der Waals surface area (Å²) in [6, 6.07) is -1.03. The summed E-state index contributed by atoms with van der Waals surface area (Å²) in [7, 11) is 3.68. The fourth-order valence-electron chi connectivity index (χ4n) is 3.06. The Morgan fingerprint density at radius 3 is 1.59 bits per heavy atom. The van der Waals surface area contributed by atoms with Crippen molar-refractivity contribution < 1.29 is 19.8 Å². The van der Waals surface area contributed by atoms with E-state index in [2.05, 4.69) is 6.92 Å². The molecular formula is C22H47N3O4. The first-order chi connectivity index (χ1) is 13.8. The molecule has 0 aromatic rings. The first-order valence-corrected chi connectivity index (χ1v) is 11.4. The topological polar surface area (TPSA) is 130 Å². The number of likely N-dealkylation sites (N-methyl/N-ethyl adjacent to an activating group) is 1. The Hall–Kier alpha value is -1.18. The molecule has 2 atom stereocenters. The third-order valence-corrected chi connectivity index (χ3v) is 5.03. The second-order valence-electron chi connectivity index (χ2n) is 8.02. The van der Waals surface area contributed by atoms with Crippen LogP contribution in [0, 0.1) is 0 Å². The fraction of sp³-hybridized carbons (Fsp3) is 0.909. The van der Waals surface area contributed by atoms with Gasteiger partial charge in [-0.05, 0) is 39.9 Å². The lowest BCUT2D eigenvalue weighted by molar-refractivity contribution is -0.142. The molecule has 0 radical (unpaired) electrons. The zero-order chi connectivity index (χ0) is 22.5. The molecule has 0 aromatic carbocycles. The largest absolute Gasteiger partial charge is 0.480 e. The summed E-state index contributed by atoms with van der Waals surface area (Å²) in [5.74, 6) is -1.63. The Labute approximate surface area is 178 Å². The minimum atomic E-state index is -0.933. The third kappa shape index (κ3) is 21.3. The lowest BCUT2D eigenvalue weighted by Gasteiger charge is -2.19. The normalized spacial score (nSPS) is 12.9. The van der Waals surface area contributed by atoms with Crippen molar-refractivity contribution in [2.24, 2.45) is 11.5 Å². The number of nitrogens with two attached hydrogens (primary N) is 2. The third-order valence-electron chi connectivity index (χ3n) is 5.03. The highest BCUT2D eigenvalue weighted by Gasteiger charge is 2.18. The van der Waals surface area contributed by atoms with Gasteiger partial charge in [-0.3, -0.25) is 14.5 Å². The van der Waals surface area contributed by atoms with Crippen LogP contribution in [0.15, 0.2) is 0 Å². The number of hydrogen-bond donors (Lipinski definition) is 4. The zero-order valence-corrected chi connectivity index (χ0v) is 19.1. The monoisotopic (exact) mass is 417 g/mol. The van der Waals surface area contributed by atoms with Gasteiger partial charge >= 0.3 is 11.9 Å². The van der Waals surface area contributed by atoms with Crippen molar-refractivity contribution in [1.29, 1.82) is 0 Å². The summed E-state index contributed by atoms with van der Waals surface area (Å²) in [5, 5.41) is 17.4. The van der Waals surface area contributed by atoms with Crippen molar-refractivity contribution in [1.82, 2.24) is 4.90 Å². The molecule has 0 saturated carbocycles. The molecule has 0 spiro atoms. The molecule has 0 aliphatic heterocycles. The highest BCUT2D eigenvalue weighted by atomic mass is 16.4. The summed E-state index contributed by atoms with van der Waals surface area (Å²) < 4.78 is 0. The molecule has 0 saturated heterocycles. The molecule has 0 aliphatic carbocycles. The maximum absolute atomic E-state index is 11.0. The van der Waals surface area contributed by atoms with Gasteiger partial charge in [0.1, 0.15) is 12.1 Å². The zero-order valence-electron chi connectivity index (χ0n) is 19.1. The van der Waals surface area contributed by atoms with E-state index in [4.69, 9.17) is 21.7 Å². The number of carbonyl (C=O) groups is 2. The van der Waals surface area contributed by atoms with Crippen LogP contribution in [0.3, 0.4) is 0 Å². The van der Waals surface area contributed by atoms with E-state index in [1.807, 2.05) is 14.1 Å². The Bertz CT molecular complexity index is 392. The molecule has 6 N–H and O–H groups in total. The minimum Gasteiger partial charge on any atom is -0.480 e. The van der Waals surface area contributed by atoms with Crippen molar-refractivity contribution in [3.63, 3.8) is 0 Å². The lowest BCUT2D eigenvalue weighted by Crippen LogP contribution is -2.35. The van der Waals surface area contributed by atoms with Gasteiger partial charge in [-0.25, -0.2) is 0 Å². The fourth-order valence-corrected chi connectivity index (χ4v) is 3.06. The maximum atomic E-state index is 11.0. The van der Waals surface area contributed by atoms with Crippen LogP contribution in [0.1, 0.15) is 96.8 Å². The smallest absolute Gasteiger partial charge is 0.320 e. The summed E-state index contributed by atoms with van der Waals surface area (Å²) in [6.07, 6.45) is 15.9. The van der Waals surface area contributed by atoms with Gasteiger partial charge in [-0.15, -0.1) is 0 Å². The van der Waals surface area contributed by atoms with Crippen LogP contribution in [0.4, 0.5) is 0 Å². The van der Waals surface area contributed by atoms with E-state index in [1.54, 1.807) is 4.90 Å². The summed E-state index contributed by atoms with van der Waals surface area (Å²) in [5.41, 5.74) is 10.4. The van der Waals surface area contributed by atoms with E-state index in [0.29, 0.717) is 13.0 Å². The molecular weight excluding hydrogens is 370 g/mol. The van der Waals surface area contributed by atoms with Gasteiger partial charge in [0.2, 0.25) is 0 Å². The number of carboxylic acids is 2. The number of unbranched alkanes of at least 4 members (excludes halogenated alkanes) is 10. The van der Waals surface area contributed by atoms with Crippen LogP contribution >= 0.6 is 0 Å². The van der Waals surface area contributed by atoms with E-state index in [-0.39, 0.29) is 6.04 Å². The van der Waals surface area contributed by atoms with Crippen LogP contribution in [0.5, 0.6) is 0 Å². The van der Waals surface area contributed by atoms with Crippen molar-refractivity contribution >= 4 is 11.9 Å². The van der Waals surface area contributed by atoms with Gasteiger partial charge in [-0.2, -0.15) is 0 Å². The van der Waals surface area contributed by atoms with Gasteiger partial charge in [0.25, 0.3) is 0 Å². The second-order valence-corrected chi connectivity index (χ2v) is 8.02. The molecule has 0 aromatic heterocycles. The van der Waals surface area contributed by atoms with Gasteiger partial charge < -0.3 is 21.7 Å². The summed E-state index contributed by atoms with van der Waals surface area (Å²) >= 11 is 0. The standard InChI is InChI=1S/C16H33NO2.C6H14N2O2/c1-4-5-6-7-8-9-10-11-12-13-14-15(16(18)19)17(2)3;7-4-2-1-3-5(8)6(9)10/h15H,4-14H2,1-3H3,(H,18,19);5H,1-4,7-8H2,(H,9,10)/t;5-/m.0/s1. The molecule has 0 fully saturated rings. The van der Waals surface area contributed by atoms with Gasteiger partial charge in [0, 0.05) is 0 Å². The van der Waals surface area contributed by atoms with Crippen molar-refractivity contribution in [2.75, 3.05) is 20.6 Å². The van der Waals surface area contributed by atoms with E-state index < -0.39 is 18.0 Å². The highest BCUT2D eigenvalue weighted by molar-refractivity contribution is 5.73. The Balaban J connectivity index is 0. The molecule has 29 heavy (non-hydrogen) atoms. The lowest BCUT2D eigenvalue weighted by atomic mass is 10.0. The average molecular weight is 418 g/mol. The van der Waals surface area contributed by atoms with Crippen molar-refractivity contribution in [3.05, 3.63) is 0 Å². The highest BCUT2D eigenvalue weighted by Crippen LogP contribution is 2.13. The van der Waals surface area contributed by atoms with E-state index in [0.717, 1.165) is 25.7 Å². The molecule has 0 amide bonds. The van der Waals surface area contributed by atoms with Gasteiger partial charge in [-0.1, -0.05) is 77.6 Å².